The van der Waals surface area contributed by atoms with E-state index in [4.69, 9.17) is 0 Å². The van der Waals surface area contributed by atoms with Gasteiger partial charge >= 0.3 is 0 Å². The Bertz CT molecular complexity index is 1110. The minimum atomic E-state index is 0.0159. The Morgan fingerprint density at radius 2 is 1.58 bits per heavy atom. The highest BCUT2D eigenvalue weighted by molar-refractivity contribution is 5.22. The van der Waals surface area contributed by atoms with Crippen molar-refractivity contribution in [2.75, 3.05) is 13.1 Å². The highest BCUT2D eigenvalue weighted by Gasteiger charge is 2.31. The van der Waals surface area contributed by atoms with Crippen LogP contribution in [0.5, 0.6) is 0 Å². The summed E-state index contributed by atoms with van der Waals surface area (Å²) in [5, 5.41) is 12.9. The van der Waals surface area contributed by atoms with E-state index in [9.17, 15) is 0 Å². The molecule has 0 saturated carbocycles. The minimum Gasteiger partial charge on any atom is -0.290 e. The van der Waals surface area contributed by atoms with Crippen molar-refractivity contribution in [3.05, 3.63) is 108 Å². The van der Waals surface area contributed by atoms with Gasteiger partial charge in [-0.2, -0.15) is 0 Å². The number of tetrazole rings is 1. The first-order chi connectivity index (χ1) is 16.4. The SMILES string of the molecule is c1ccc(CCn2nnnc2C(c2cccnc2)N2CCC(Cc3ccccc3)CC2)cc1. The number of nitrogens with zero attached hydrogens (tertiary/aromatic N) is 6. The zero-order valence-corrected chi connectivity index (χ0v) is 18.9. The lowest BCUT2D eigenvalue weighted by Crippen LogP contribution is -2.39. The Labute approximate surface area is 195 Å². The predicted molar refractivity (Wildman–Crippen MR) is 128 cm³/mol. The van der Waals surface area contributed by atoms with Crippen LogP contribution in [0.3, 0.4) is 0 Å². The van der Waals surface area contributed by atoms with E-state index in [1.54, 1.807) is 0 Å². The van der Waals surface area contributed by atoms with Crippen LogP contribution in [0.4, 0.5) is 0 Å². The minimum absolute atomic E-state index is 0.0159. The molecule has 2 aromatic carbocycles. The number of benzene rings is 2. The molecule has 1 fully saturated rings. The van der Waals surface area contributed by atoms with Crippen molar-refractivity contribution in [3.63, 3.8) is 0 Å². The molecule has 0 amide bonds. The maximum Gasteiger partial charge on any atom is 0.173 e. The number of hydrogen-bond donors (Lipinski definition) is 0. The van der Waals surface area contributed by atoms with Gasteiger partial charge in [0.15, 0.2) is 5.82 Å². The van der Waals surface area contributed by atoms with Gasteiger partial charge in [0.2, 0.25) is 0 Å². The molecule has 1 atom stereocenters. The fourth-order valence-corrected chi connectivity index (χ4v) is 4.87. The van der Waals surface area contributed by atoms with Crippen LogP contribution in [0.15, 0.2) is 85.2 Å². The largest absolute Gasteiger partial charge is 0.290 e. The van der Waals surface area contributed by atoms with Gasteiger partial charge in [-0.3, -0.25) is 9.88 Å². The van der Waals surface area contributed by atoms with Crippen LogP contribution in [-0.2, 0) is 19.4 Å². The summed E-state index contributed by atoms with van der Waals surface area (Å²) in [6.45, 7) is 2.82. The maximum atomic E-state index is 4.50. The summed E-state index contributed by atoms with van der Waals surface area (Å²) in [5.74, 6) is 1.62. The molecule has 0 spiro atoms. The number of pyridine rings is 1. The first kappa shape index (κ1) is 21.5. The third kappa shape index (κ3) is 5.34. The van der Waals surface area contributed by atoms with Crippen LogP contribution in [-0.4, -0.2) is 43.2 Å². The molecular weight excluding hydrogens is 408 g/mol. The Hall–Kier alpha value is -3.38. The molecule has 168 valence electrons. The third-order valence-electron chi connectivity index (χ3n) is 6.64. The van der Waals surface area contributed by atoms with E-state index in [-0.39, 0.29) is 6.04 Å². The molecule has 1 unspecified atom stereocenters. The average molecular weight is 439 g/mol. The molecule has 6 heteroatoms. The van der Waals surface area contributed by atoms with Gasteiger partial charge in [0.05, 0.1) is 6.04 Å². The molecule has 3 heterocycles. The second-order valence-corrected chi connectivity index (χ2v) is 8.85. The molecule has 2 aromatic heterocycles. The van der Waals surface area contributed by atoms with Crippen molar-refractivity contribution >= 4 is 0 Å². The van der Waals surface area contributed by atoms with Gasteiger partial charge in [-0.05, 0) is 77.9 Å². The number of aryl methyl sites for hydroxylation is 2. The molecule has 0 N–H and O–H groups in total. The number of likely N-dealkylation sites (tertiary alicyclic amines) is 1. The Balaban J connectivity index is 1.32. The normalized spacial score (nSPS) is 16.0. The standard InChI is InChI=1S/C27H30N6/c1-3-8-22(9-4-1)15-19-33-27(29-30-31-33)26(25-12-7-16-28-21-25)32-17-13-24(14-18-32)20-23-10-5-2-6-11-23/h1-12,16,21,24,26H,13-15,17-20H2. The first-order valence-electron chi connectivity index (χ1n) is 11.8. The third-order valence-corrected chi connectivity index (χ3v) is 6.64. The fourth-order valence-electron chi connectivity index (χ4n) is 4.87. The Morgan fingerprint density at radius 1 is 0.848 bits per heavy atom. The number of piperidine rings is 1. The average Bonchev–Trinajstić information content (AvgIpc) is 3.34. The molecule has 5 rings (SSSR count). The van der Waals surface area contributed by atoms with Crippen molar-refractivity contribution in [2.45, 2.75) is 38.3 Å². The number of rotatable bonds is 8. The zero-order chi connectivity index (χ0) is 22.3. The summed E-state index contributed by atoms with van der Waals surface area (Å²) in [6, 6.07) is 25.5. The van der Waals surface area contributed by atoms with E-state index in [0.29, 0.717) is 5.92 Å². The first-order valence-corrected chi connectivity index (χ1v) is 11.8. The van der Waals surface area contributed by atoms with Crippen LogP contribution in [0.2, 0.25) is 0 Å². The topological polar surface area (TPSA) is 59.7 Å². The van der Waals surface area contributed by atoms with Crippen LogP contribution in [0, 0.1) is 5.92 Å². The van der Waals surface area contributed by atoms with Gasteiger partial charge in [-0.25, -0.2) is 4.68 Å². The fraction of sp³-hybridized carbons (Fsp3) is 0.333. The molecule has 6 nitrogen and oxygen atoms in total. The van der Waals surface area contributed by atoms with E-state index >= 15 is 0 Å². The zero-order valence-electron chi connectivity index (χ0n) is 18.9. The van der Waals surface area contributed by atoms with Crippen molar-refractivity contribution in [2.24, 2.45) is 5.92 Å². The summed E-state index contributed by atoms with van der Waals surface area (Å²) in [5.41, 5.74) is 3.87. The Morgan fingerprint density at radius 3 is 2.27 bits per heavy atom. The van der Waals surface area contributed by atoms with Crippen molar-refractivity contribution in [1.82, 2.24) is 30.1 Å². The second kappa shape index (κ2) is 10.5. The molecule has 33 heavy (non-hydrogen) atoms. The molecule has 1 aliphatic heterocycles. The van der Waals surface area contributed by atoms with Gasteiger partial charge < -0.3 is 0 Å². The number of aromatic nitrogens is 5. The lowest BCUT2D eigenvalue weighted by Gasteiger charge is -2.37. The van der Waals surface area contributed by atoms with Gasteiger partial charge in [-0.15, -0.1) is 5.10 Å². The highest BCUT2D eigenvalue weighted by Crippen LogP contribution is 2.32. The Kier molecular flexibility index (Phi) is 6.82. The summed E-state index contributed by atoms with van der Waals surface area (Å²) in [7, 11) is 0. The molecule has 0 aliphatic carbocycles. The van der Waals surface area contributed by atoms with Gasteiger partial charge in [0, 0.05) is 18.9 Å². The molecule has 1 saturated heterocycles. The second-order valence-electron chi connectivity index (χ2n) is 8.85. The van der Waals surface area contributed by atoms with Crippen LogP contribution in [0.25, 0.3) is 0 Å². The molecule has 0 radical (unpaired) electrons. The van der Waals surface area contributed by atoms with E-state index in [0.717, 1.165) is 43.9 Å². The van der Waals surface area contributed by atoms with E-state index in [2.05, 4.69) is 86.1 Å². The number of hydrogen-bond acceptors (Lipinski definition) is 5. The molecule has 0 bridgehead atoms. The van der Waals surface area contributed by atoms with Gasteiger partial charge in [-0.1, -0.05) is 66.7 Å². The van der Waals surface area contributed by atoms with E-state index in [1.165, 1.54) is 24.0 Å². The summed E-state index contributed by atoms with van der Waals surface area (Å²) in [4.78, 5) is 6.93. The van der Waals surface area contributed by atoms with Crippen molar-refractivity contribution in [1.29, 1.82) is 0 Å². The summed E-state index contributed by atoms with van der Waals surface area (Å²) in [6.07, 6.45) is 8.19. The van der Waals surface area contributed by atoms with E-state index in [1.807, 2.05) is 29.2 Å². The molecular formula is C27H30N6. The van der Waals surface area contributed by atoms with Gasteiger partial charge in [0.1, 0.15) is 0 Å². The summed E-state index contributed by atoms with van der Waals surface area (Å²) >= 11 is 0. The molecule has 4 aromatic rings. The van der Waals surface area contributed by atoms with Gasteiger partial charge in [0.25, 0.3) is 0 Å². The maximum absolute atomic E-state index is 4.50. The van der Waals surface area contributed by atoms with Crippen LogP contribution >= 0.6 is 0 Å². The monoisotopic (exact) mass is 438 g/mol. The molecule has 1 aliphatic rings. The smallest absolute Gasteiger partial charge is 0.173 e. The lowest BCUT2D eigenvalue weighted by molar-refractivity contribution is 0.143. The predicted octanol–water partition coefficient (Wildman–Crippen LogP) is 4.35. The van der Waals surface area contributed by atoms with E-state index < -0.39 is 0 Å². The highest BCUT2D eigenvalue weighted by atomic mass is 15.5. The van der Waals surface area contributed by atoms with Crippen LogP contribution in [0.1, 0.15) is 41.4 Å². The summed E-state index contributed by atoms with van der Waals surface area (Å²) < 4.78 is 1.97. The van der Waals surface area contributed by atoms with Crippen molar-refractivity contribution < 1.29 is 0 Å². The quantitative estimate of drug-likeness (QED) is 0.409. The van der Waals surface area contributed by atoms with Crippen molar-refractivity contribution in [3.8, 4) is 0 Å². The van der Waals surface area contributed by atoms with Crippen LogP contribution < -0.4 is 0 Å². The lowest BCUT2D eigenvalue weighted by atomic mass is 9.89.